The summed E-state index contributed by atoms with van der Waals surface area (Å²) in [7, 11) is 0. The summed E-state index contributed by atoms with van der Waals surface area (Å²) in [5.41, 5.74) is 1.41. The number of fused-ring (bicyclic) bond motifs is 1. The van der Waals surface area contributed by atoms with Crippen LogP contribution >= 0.6 is 11.3 Å². The highest BCUT2D eigenvalue weighted by atomic mass is 32.1. The molecule has 5 N–H and O–H groups in total. The van der Waals surface area contributed by atoms with Gasteiger partial charge in [-0.3, -0.25) is 4.98 Å². The number of aliphatic hydroxyl groups is 3. The third kappa shape index (κ3) is 4.57. The van der Waals surface area contributed by atoms with Crippen molar-refractivity contribution in [3.63, 3.8) is 0 Å². The minimum Gasteiger partial charge on any atom is -0.396 e. The molecule has 3 aromatic heterocycles. The van der Waals surface area contributed by atoms with Gasteiger partial charge in [-0.2, -0.15) is 4.98 Å². The van der Waals surface area contributed by atoms with Crippen LogP contribution in [0.4, 0.5) is 11.8 Å². The molecule has 1 saturated carbocycles. The molecule has 0 bridgehead atoms. The molecule has 1 aliphatic rings. The van der Waals surface area contributed by atoms with Crippen LogP contribution in [0.5, 0.6) is 0 Å². The maximum Gasteiger partial charge on any atom is 0.225 e. The molecule has 1 fully saturated rings. The fourth-order valence-corrected chi connectivity index (χ4v) is 5.56. The van der Waals surface area contributed by atoms with E-state index in [0.717, 1.165) is 15.9 Å². The second-order valence-electron chi connectivity index (χ2n) is 8.94. The summed E-state index contributed by atoms with van der Waals surface area (Å²) in [5, 5.41) is 38.7. The van der Waals surface area contributed by atoms with Gasteiger partial charge >= 0.3 is 0 Å². The zero-order valence-corrected chi connectivity index (χ0v) is 20.3. The van der Waals surface area contributed by atoms with Crippen LogP contribution in [-0.4, -0.2) is 53.7 Å². The number of aryl methyl sites for hydroxylation is 1. The lowest BCUT2D eigenvalue weighted by Crippen LogP contribution is -2.48. The number of pyridine rings is 1. The predicted octanol–water partition coefficient (Wildman–Crippen LogP) is 3.49. The van der Waals surface area contributed by atoms with Gasteiger partial charge in [0.05, 0.1) is 33.2 Å². The second kappa shape index (κ2) is 9.46. The van der Waals surface area contributed by atoms with Crippen LogP contribution in [0.25, 0.3) is 20.8 Å². The van der Waals surface area contributed by atoms with Gasteiger partial charge < -0.3 is 26.0 Å². The smallest absolute Gasteiger partial charge is 0.225 e. The molecule has 4 unspecified atom stereocenters. The van der Waals surface area contributed by atoms with Gasteiger partial charge in [-0.05, 0) is 51.0 Å². The minimum atomic E-state index is -1.64. The molecular formula is C25H28N6O3S. The van der Waals surface area contributed by atoms with Gasteiger partial charge in [0, 0.05) is 18.7 Å². The van der Waals surface area contributed by atoms with E-state index in [1.54, 1.807) is 6.20 Å². The lowest BCUT2D eigenvalue weighted by molar-refractivity contribution is -0.0545. The number of benzene rings is 1. The highest BCUT2D eigenvalue weighted by molar-refractivity contribution is 7.21. The van der Waals surface area contributed by atoms with E-state index in [0.29, 0.717) is 34.5 Å². The molecule has 1 aromatic carbocycles. The average Bonchev–Trinajstić information content (AvgIpc) is 3.40. The van der Waals surface area contributed by atoms with Crippen LogP contribution in [-0.2, 0) is 0 Å². The Hall–Kier alpha value is -3.18. The number of thiazole rings is 1. The van der Waals surface area contributed by atoms with E-state index in [-0.39, 0.29) is 19.1 Å². The SMILES string of the molecule is Cc1nc(NC(C)c2ccccn2)nc(NC2(O)CCC(CO)C2O)c1-c1nc2ccccc2s1. The summed E-state index contributed by atoms with van der Waals surface area (Å²) < 4.78 is 1.03. The number of hydrogen-bond acceptors (Lipinski definition) is 10. The van der Waals surface area contributed by atoms with Gasteiger partial charge in [0.15, 0.2) is 5.72 Å². The summed E-state index contributed by atoms with van der Waals surface area (Å²) in [6.45, 7) is 3.64. The molecular weight excluding hydrogens is 464 g/mol. The first-order chi connectivity index (χ1) is 16.9. The summed E-state index contributed by atoms with van der Waals surface area (Å²) >= 11 is 1.51. The van der Waals surface area contributed by atoms with E-state index in [1.165, 1.54) is 11.3 Å². The van der Waals surface area contributed by atoms with Crippen molar-refractivity contribution in [1.29, 1.82) is 0 Å². The first kappa shape index (κ1) is 23.6. The van der Waals surface area contributed by atoms with Crippen LogP contribution in [0.2, 0.25) is 0 Å². The zero-order valence-electron chi connectivity index (χ0n) is 19.5. The molecule has 1 aliphatic carbocycles. The van der Waals surface area contributed by atoms with Crippen LogP contribution < -0.4 is 10.6 Å². The molecule has 4 aromatic rings. The van der Waals surface area contributed by atoms with Gasteiger partial charge in [-0.1, -0.05) is 18.2 Å². The highest BCUT2D eigenvalue weighted by Gasteiger charge is 2.47. The van der Waals surface area contributed by atoms with Gasteiger partial charge in [0.25, 0.3) is 0 Å². The van der Waals surface area contributed by atoms with Gasteiger partial charge in [-0.15, -0.1) is 11.3 Å². The monoisotopic (exact) mass is 492 g/mol. The third-order valence-electron chi connectivity index (χ3n) is 6.48. The molecule has 0 aliphatic heterocycles. The zero-order chi connectivity index (χ0) is 24.6. The quantitative estimate of drug-likeness (QED) is 0.246. The largest absolute Gasteiger partial charge is 0.396 e. The standard InChI is InChI=1S/C25H28N6O3S/c1-14(17-7-5-6-12-26-17)27-24-28-15(2)20(23-29-18-8-3-4-9-19(18)35-23)22(30-24)31-25(34)11-10-16(13-32)21(25)33/h3-9,12,14,16,21,32-34H,10-11,13H2,1-2H3,(H2,27,28,30,31). The number of anilines is 2. The van der Waals surface area contributed by atoms with Gasteiger partial charge in [0.2, 0.25) is 5.95 Å². The fourth-order valence-electron chi connectivity index (χ4n) is 4.50. The molecule has 0 radical (unpaired) electrons. The molecule has 0 spiro atoms. The Morgan fingerprint density at radius 3 is 2.66 bits per heavy atom. The van der Waals surface area contributed by atoms with Crippen LogP contribution in [0.1, 0.15) is 37.2 Å². The third-order valence-corrected chi connectivity index (χ3v) is 7.53. The van der Waals surface area contributed by atoms with Crippen molar-refractivity contribution >= 4 is 33.3 Å². The summed E-state index contributed by atoms with van der Waals surface area (Å²) in [6, 6.07) is 13.4. The maximum absolute atomic E-state index is 11.3. The van der Waals surface area contributed by atoms with Gasteiger partial charge in [0.1, 0.15) is 16.9 Å². The Morgan fingerprint density at radius 1 is 1.14 bits per heavy atom. The number of aliphatic hydroxyl groups excluding tert-OH is 2. The van der Waals surface area contributed by atoms with Crippen molar-refractivity contribution in [2.24, 2.45) is 5.92 Å². The van der Waals surface area contributed by atoms with Crippen LogP contribution in [0.15, 0.2) is 48.7 Å². The van der Waals surface area contributed by atoms with Crippen molar-refractivity contribution in [3.8, 4) is 10.6 Å². The van der Waals surface area contributed by atoms with Crippen molar-refractivity contribution in [2.45, 2.75) is 44.6 Å². The molecule has 10 heteroatoms. The van der Waals surface area contributed by atoms with Gasteiger partial charge in [-0.25, -0.2) is 9.97 Å². The predicted molar refractivity (Wildman–Crippen MR) is 136 cm³/mol. The Labute approximate surface area is 207 Å². The molecule has 9 nitrogen and oxygen atoms in total. The Kier molecular flexibility index (Phi) is 6.37. The maximum atomic E-state index is 11.3. The van der Waals surface area contributed by atoms with Crippen LogP contribution in [0, 0.1) is 12.8 Å². The number of nitrogens with zero attached hydrogens (tertiary/aromatic N) is 4. The van der Waals surface area contributed by atoms with E-state index in [1.807, 2.05) is 56.3 Å². The number of para-hydroxylation sites is 1. The number of hydrogen-bond donors (Lipinski definition) is 5. The Balaban J connectivity index is 1.56. The first-order valence-electron chi connectivity index (χ1n) is 11.6. The second-order valence-corrected chi connectivity index (χ2v) is 9.97. The highest BCUT2D eigenvalue weighted by Crippen LogP contribution is 2.40. The number of rotatable bonds is 7. The summed E-state index contributed by atoms with van der Waals surface area (Å²) in [5.74, 6) is 0.318. The molecule has 3 heterocycles. The topological polar surface area (TPSA) is 136 Å². The number of aromatic nitrogens is 4. The molecule has 182 valence electrons. The molecule has 4 atom stereocenters. The summed E-state index contributed by atoms with van der Waals surface area (Å²) in [6.07, 6.45) is 1.35. The van der Waals surface area contributed by atoms with E-state index in [2.05, 4.69) is 20.6 Å². The van der Waals surface area contributed by atoms with Crippen molar-refractivity contribution in [1.82, 2.24) is 19.9 Å². The lowest BCUT2D eigenvalue weighted by Gasteiger charge is -2.31. The van der Waals surface area contributed by atoms with Crippen molar-refractivity contribution < 1.29 is 15.3 Å². The Bertz CT molecular complexity index is 1300. The molecule has 5 rings (SSSR count). The van der Waals surface area contributed by atoms with Crippen LogP contribution in [0.3, 0.4) is 0 Å². The van der Waals surface area contributed by atoms with E-state index < -0.39 is 17.7 Å². The Morgan fingerprint density at radius 2 is 1.94 bits per heavy atom. The minimum absolute atomic E-state index is 0.157. The molecule has 0 amide bonds. The van der Waals surface area contributed by atoms with Crippen molar-refractivity contribution in [2.75, 3.05) is 17.2 Å². The van der Waals surface area contributed by atoms with E-state index >= 15 is 0 Å². The molecule has 0 saturated heterocycles. The number of nitrogens with one attached hydrogen (secondary N) is 2. The lowest BCUT2D eigenvalue weighted by atomic mass is 10.0. The van der Waals surface area contributed by atoms with E-state index in [4.69, 9.17) is 9.97 Å². The first-order valence-corrected chi connectivity index (χ1v) is 12.4. The fraction of sp³-hybridized carbons (Fsp3) is 0.360. The van der Waals surface area contributed by atoms with Crippen molar-refractivity contribution in [3.05, 3.63) is 60.0 Å². The normalized spacial score (nSPS) is 22.9. The summed E-state index contributed by atoms with van der Waals surface area (Å²) in [4.78, 5) is 18.6. The molecule has 35 heavy (non-hydrogen) atoms. The van der Waals surface area contributed by atoms with E-state index in [9.17, 15) is 15.3 Å². The average molecular weight is 493 g/mol.